The van der Waals surface area contributed by atoms with E-state index in [9.17, 15) is 0 Å². The van der Waals surface area contributed by atoms with Gasteiger partial charge in [0.25, 0.3) is 0 Å². The van der Waals surface area contributed by atoms with E-state index in [1.165, 1.54) is 5.56 Å². The van der Waals surface area contributed by atoms with Crippen LogP contribution in [-0.4, -0.2) is 18.5 Å². The van der Waals surface area contributed by atoms with Crippen molar-refractivity contribution in [3.05, 3.63) is 28.3 Å². The highest BCUT2D eigenvalue weighted by Gasteiger charge is 2.17. The lowest BCUT2D eigenvalue weighted by Crippen LogP contribution is -2.26. The zero-order valence-electron chi connectivity index (χ0n) is 9.22. The van der Waals surface area contributed by atoms with Crippen molar-refractivity contribution in [2.45, 2.75) is 25.9 Å². The van der Waals surface area contributed by atoms with Crippen molar-refractivity contribution >= 4 is 23.2 Å². The first-order chi connectivity index (χ1) is 7.70. The minimum Gasteiger partial charge on any atom is -0.493 e. The van der Waals surface area contributed by atoms with Crippen molar-refractivity contribution in [1.82, 2.24) is 5.32 Å². The standard InChI is InChI=1S/C12H15Cl2NO/c1-8(6-13)15-7-10-5-11(14)4-9-2-3-16-12(9)10/h4-5,8,15H,2-3,6-7H2,1H3. The fourth-order valence-corrected chi connectivity index (χ4v) is 2.19. The molecule has 1 unspecified atom stereocenters. The van der Waals surface area contributed by atoms with Gasteiger partial charge >= 0.3 is 0 Å². The van der Waals surface area contributed by atoms with Crippen LogP contribution >= 0.6 is 23.2 Å². The summed E-state index contributed by atoms with van der Waals surface area (Å²) in [5.74, 6) is 1.60. The molecule has 16 heavy (non-hydrogen) atoms. The number of hydrogen-bond acceptors (Lipinski definition) is 2. The minimum atomic E-state index is 0.290. The predicted octanol–water partition coefficient (Wildman–Crippen LogP) is 2.99. The largest absolute Gasteiger partial charge is 0.493 e. The Morgan fingerprint density at radius 1 is 1.50 bits per heavy atom. The first-order valence-electron chi connectivity index (χ1n) is 5.44. The predicted molar refractivity (Wildman–Crippen MR) is 67.7 cm³/mol. The number of ether oxygens (including phenoxy) is 1. The molecule has 88 valence electrons. The van der Waals surface area contributed by atoms with Crippen molar-refractivity contribution in [3.63, 3.8) is 0 Å². The Morgan fingerprint density at radius 3 is 3.06 bits per heavy atom. The van der Waals surface area contributed by atoms with Crippen molar-refractivity contribution in [1.29, 1.82) is 0 Å². The first-order valence-corrected chi connectivity index (χ1v) is 6.35. The number of hydrogen-bond donors (Lipinski definition) is 1. The van der Waals surface area contributed by atoms with Gasteiger partial charge in [-0.3, -0.25) is 0 Å². The van der Waals surface area contributed by atoms with Crippen LogP contribution in [0.5, 0.6) is 5.75 Å². The molecule has 0 spiro atoms. The van der Waals surface area contributed by atoms with Crippen LogP contribution in [0.2, 0.25) is 5.02 Å². The molecule has 0 aliphatic carbocycles. The first kappa shape index (κ1) is 12.0. The van der Waals surface area contributed by atoms with E-state index in [0.717, 1.165) is 35.9 Å². The minimum absolute atomic E-state index is 0.290. The number of benzene rings is 1. The molecule has 0 aromatic heterocycles. The summed E-state index contributed by atoms with van der Waals surface area (Å²) in [5, 5.41) is 4.11. The number of rotatable bonds is 4. The van der Waals surface area contributed by atoms with Crippen LogP contribution < -0.4 is 10.1 Å². The maximum Gasteiger partial charge on any atom is 0.127 e. The summed E-state index contributed by atoms with van der Waals surface area (Å²) in [4.78, 5) is 0. The Bertz CT molecular complexity index is 382. The zero-order valence-corrected chi connectivity index (χ0v) is 10.7. The molecular weight excluding hydrogens is 245 g/mol. The van der Waals surface area contributed by atoms with E-state index in [4.69, 9.17) is 27.9 Å². The summed E-state index contributed by atoms with van der Waals surface area (Å²) < 4.78 is 5.62. The van der Waals surface area contributed by atoms with Crippen LogP contribution in [0.25, 0.3) is 0 Å². The summed E-state index contributed by atoms with van der Waals surface area (Å²) in [5.41, 5.74) is 2.33. The third kappa shape index (κ3) is 2.62. The van der Waals surface area contributed by atoms with E-state index in [0.29, 0.717) is 5.88 Å². The average Bonchev–Trinajstić information content (AvgIpc) is 2.73. The van der Waals surface area contributed by atoms with Gasteiger partial charge in [0.2, 0.25) is 0 Å². The molecule has 1 aliphatic heterocycles. The molecular formula is C12H15Cl2NO. The van der Waals surface area contributed by atoms with E-state index in [-0.39, 0.29) is 6.04 Å². The molecule has 0 amide bonds. The van der Waals surface area contributed by atoms with Gasteiger partial charge in [0.15, 0.2) is 0 Å². The van der Waals surface area contributed by atoms with Crippen LogP contribution in [0.3, 0.4) is 0 Å². The van der Waals surface area contributed by atoms with Crippen LogP contribution in [0, 0.1) is 0 Å². The number of nitrogens with one attached hydrogen (secondary N) is 1. The van der Waals surface area contributed by atoms with Gasteiger partial charge in [0.1, 0.15) is 5.75 Å². The summed E-state index contributed by atoms with van der Waals surface area (Å²) in [6.07, 6.45) is 0.952. The molecule has 0 saturated heterocycles. The van der Waals surface area contributed by atoms with Gasteiger partial charge in [-0.05, 0) is 24.6 Å². The van der Waals surface area contributed by atoms with Gasteiger partial charge in [0.05, 0.1) is 6.61 Å². The number of alkyl halides is 1. The molecule has 1 aromatic rings. The molecule has 1 heterocycles. The van der Waals surface area contributed by atoms with Crippen molar-refractivity contribution < 1.29 is 4.74 Å². The lowest BCUT2D eigenvalue weighted by atomic mass is 10.1. The quantitative estimate of drug-likeness (QED) is 0.840. The number of halogens is 2. The summed E-state index contributed by atoms with van der Waals surface area (Å²) in [6, 6.07) is 4.23. The SMILES string of the molecule is CC(CCl)NCc1cc(Cl)cc2c1OCC2. The normalized spacial score (nSPS) is 15.7. The highest BCUT2D eigenvalue weighted by molar-refractivity contribution is 6.30. The molecule has 4 heteroatoms. The molecule has 2 nitrogen and oxygen atoms in total. The second-order valence-corrected chi connectivity index (χ2v) is 4.83. The summed E-state index contributed by atoms with van der Waals surface area (Å²) >= 11 is 11.8. The van der Waals surface area contributed by atoms with Crippen molar-refractivity contribution in [3.8, 4) is 5.75 Å². The molecule has 0 radical (unpaired) electrons. The van der Waals surface area contributed by atoms with Crippen LogP contribution in [0.4, 0.5) is 0 Å². The molecule has 0 bridgehead atoms. The monoisotopic (exact) mass is 259 g/mol. The van der Waals surface area contributed by atoms with Gasteiger partial charge in [-0.1, -0.05) is 11.6 Å². The van der Waals surface area contributed by atoms with Crippen LogP contribution in [0.15, 0.2) is 12.1 Å². The third-order valence-corrected chi connectivity index (χ3v) is 3.38. The van der Waals surface area contributed by atoms with E-state index in [1.54, 1.807) is 0 Å². The van der Waals surface area contributed by atoms with Gasteiger partial charge in [-0.15, -0.1) is 11.6 Å². The molecule has 2 rings (SSSR count). The highest BCUT2D eigenvalue weighted by Crippen LogP contribution is 2.32. The third-order valence-electron chi connectivity index (χ3n) is 2.70. The average molecular weight is 260 g/mol. The second-order valence-electron chi connectivity index (χ2n) is 4.09. The second kappa shape index (κ2) is 5.26. The van der Waals surface area contributed by atoms with Crippen LogP contribution in [0.1, 0.15) is 18.1 Å². The highest BCUT2D eigenvalue weighted by atomic mass is 35.5. The van der Waals surface area contributed by atoms with E-state index in [2.05, 4.69) is 12.2 Å². The van der Waals surface area contributed by atoms with E-state index >= 15 is 0 Å². The van der Waals surface area contributed by atoms with E-state index < -0.39 is 0 Å². The zero-order chi connectivity index (χ0) is 11.5. The fourth-order valence-electron chi connectivity index (χ4n) is 1.82. The Balaban J connectivity index is 2.14. The number of fused-ring (bicyclic) bond motifs is 1. The Labute approximate surface area is 106 Å². The Morgan fingerprint density at radius 2 is 2.31 bits per heavy atom. The van der Waals surface area contributed by atoms with Gasteiger partial charge in [0, 0.05) is 35.5 Å². The maximum atomic E-state index is 6.07. The van der Waals surface area contributed by atoms with Gasteiger partial charge in [-0.2, -0.15) is 0 Å². The lowest BCUT2D eigenvalue weighted by molar-refractivity contribution is 0.352. The van der Waals surface area contributed by atoms with Gasteiger partial charge < -0.3 is 10.1 Å². The smallest absolute Gasteiger partial charge is 0.127 e. The molecule has 0 fully saturated rings. The molecule has 1 aromatic carbocycles. The summed E-state index contributed by atoms with van der Waals surface area (Å²) in [6.45, 7) is 3.56. The fraction of sp³-hybridized carbons (Fsp3) is 0.500. The lowest BCUT2D eigenvalue weighted by Gasteiger charge is -2.13. The molecule has 1 atom stereocenters. The molecule has 0 saturated carbocycles. The molecule has 1 N–H and O–H groups in total. The van der Waals surface area contributed by atoms with Gasteiger partial charge in [-0.25, -0.2) is 0 Å². The van der Waals surface area contributed by atoms with Crippen molar-refractivity contribution in [2.75, 3.05) is 12.5 Å². The summed E-state index contributed by atoms with van der Waals surface area (Å²) in [7, 11) is 0. The maximum absolute atomic E-state index is 6.07. The van der Waals surface area contributed by atoms with Crippen molar-refractivity contribution in [2.24, 2.45) is 0 Å². The van der Waals surface area contributed by atoms with Crippen LogP contribution in [-0.2, 0) is 13.0 Å². The Kier molecular flexibility index (Phi) is 3.95. The Hall–Kier alpha value is -0.440. The van der Waals surface area contributed by atoms with E-state index in [1.807, 2.05) is 12.1 Å². The topological polar surface area (TPSA) is 21.3 Å². The molecule has 1 aliphatic rings.